The maximum atomic E-state index is 13.7. The van der Waals surface area contributed by atoms with Crippen molar-refractivity contribution >= 4 is 19.0 Å². The molecule has 4 aromatic rings. The van der Waals surface area contributed by atoms with E-state index in [2.05, 4.69) is 24.6 Å². The van der Waals surface area contributed by atoms with Crippen LogP contribution in [0.4, 0.5) is 35.0 Å². The molecular weight excluding hydrogens is 527 g/mol. The van der Waals surface area contributed by atoms with E-state index in [9.17, 15) is 39.8 Å². The number of carbonyl (C=O) groups excluding carboxylic acids is 1. The van der Waals surface area contributed by atoms with Crippen LogP contribution in [0.1, 0.15) is 50.8 Å². The van der Waals surface area contributed by atoms with Gasteiger partial charge in [-0.15, -0.1) is 0 Å². The molecule has 15 heteroatoms. The van der Waals surface area contributed by atoms with Gasteiger partial charge in [-0.05, 0) is 48.5 Å². The van der Waals surface area contributed by atoms with Gasteiger partial charge in [0.15, 0.2) is 0 Å². The number of carbonyl (C=O) groups is 1. The lowest BCUT2D eigenvalue weighted by atomic mass is 10.0. The van der Waals surface area contributed by atoms with Crippen LogP contribution in [-0.4, -0.2) is 45.5 Å². The minimum absolute atomic E-state index is 0.198. The van der Waals surface area contributed by atoms with Crippen molar-refractivity contribution in [3.63, 3.8) is 0 Å². The Morgan fingerprint density at radius 1 is 0.737 bits per heavy atom. The average molecular weight is 544 g/mol. The highest BCUT2D eigenvalue weighted by Crippen LogP contribution is 2.40. The molecule has 0 spiro atoms. The smallest absolute Gasteiger partial charge is 0.503 e. The number of halogens is 8. The van der Waals surface area contributed by atoms with Gasteiger partial charge in [0, 0.05) is 41.2 Å². The second kappa shape index (κ2) is 10.3. The van der Waals surface area contributed by atoms with Gasteiger partial charge in [-0.25, -0.2) is 8.63 Å². The molecule has 200 valence electrons. The average Bonchev–Trinajstić information content (AvgIpc) is 3.60. The zero-order chi connectivity index (χ0) is 27.7. The van der Waals surface area contributed by atoms with E-state index in [0.717, 1.165) is 24.3 Å². The Morgan fingerprint density at radius 2 is 1.21 bits per heavy atom. The van der Waals surface area contributed by atoms with E-state index in [1.165, 1.54) is 36.7 Å². The van der Waals surface area contributed by atoms with Gasteiger partial charge in [-0.3, -0.25) is 4.79 Å². The summed E-state index contributed by atoms with van der Waals surface area (Å²) in [6.45, 7) is 0. The van der Waals surface area contributed by atoms with Crippen LogP contribution in [0, 0.1) is 0 Å². The van der Waals surface area contributed by atoms with Gasteiger partial charge in [-0.2, -0.15) is 26.3 Å². The Labute approximate surface area is 209 Å². The SMILES string of the molecule is O=C(/C=C(\OB(F)F)c1ccc(C(c2ccc[nH]2)C(F)(F)F)[nH]1)c1ccc(C(c2ccc[nH]2)C(F)(F)F)[nH]1. The summed E-state index contributed by atoms with van der Waals surface area (Å²) in [7, 11) is -3.45. The zero-order valence-electron chi connectivity index (χ0n) is 18.9. The van der Waals surface area contributed by atoms with Crippen LogP contribution < -0.4 is 0 Å². The van der Waals surface area contributed by atoms with Crippen molar-refractivity contribution in [3.05, 3.63) is 101 Å². The molecule has 0 aromatic carbocycles. The lowest BCUT2D eigenvalue weighted by molar-refractivity contribution is -0.143. The lowest BCUT2D eigenvalue weighted by Gasteiger charge is -2.18. The lowest BCUT2D eigenvalue weighted by Crippen LogP contribution is -2.22. The number of nitrogens with one attached hydrogen (secondary N) is 4. The molecule has 0 aliphatic carbocycles. The molecule has 4 N–H and O–H groups in total. The van der Waals surface area contributed by atoms with E-state index in [-0.39, 0.29) is 22.8 Å². The fourth-order valence-corrected chi connectivity index (χ4v) is 4.00. The molecule has 0 amide bonds. The summed E-state index contributed by atoms with van der Waals surface area (Å²) >= 11 is 0. The van der Waals surface area contributed by atoms with E-state index in [4.69, 9.17) is 0 Å². The number of allylic oxidation sites excluding steroid dienone is 1. The second-order valence-corrected chi connectivity index (χ2v) is 8.11. The molecule has 0 aliphatic heterocycles. The summed E-state index contributed by atoms with van der Waals surface area (Å²) in [6, 6.07) is 9.18. The Balaban J connectivity index is 1.66. The first-order valence-electron chi connectivity index (χ1n) is 10.8. The van der Waals surface area contributed by atoms with E-state index < -0.39 is 54.6 Å². The number of rotatable bonds is 9. The van der Waals surface area contributed by atoms with Crippen LogP contribution >= 0.6 is 0 Å². The van der Waals surface area contributed by atoms with Crippen LogP contribution in [0.25, 0.3) is 5.76 Å². The predicted octanol–water partition coefficient (Wildman–Crippen LogP) is 6.55. The van der Waals surface area contributed by atoms with Crippen molar-refractivity contribution in [1.29, 1.82) is 0 Å². The minimum Gasteiger partial charge on any atom is -0.503 e. The summed E-state index contributed by atoms with van der Waals surface area (Å²) in [6.07, 6.45) is -6.36. The monoisotopic (exact) mass is 544 g/mol. The number of ketones is 1. The Bertz CT molecular complexity index is 1390. The molecular formula is C23H17BF8N4O2. The van der Waals surface area contributed by atoms with Crippen LogP contribution in [-0.2, 0) is 4.65 Å². The van der Waals surface area contributed by atoms with Crippen LogP contribution in [0.3, 0.4) is 0 Å². The van der Waals surface area contributed by atoms with Crippen molar-refractivity contribution < 1.29 is 44.4 Å². The predicted molar refractivity (Wildman–Crippen MR) is 120 cm³/mol. The first kappa shape index (κ1) is 26.9. The van der Waals surface area contributed by atoms with E-state index in [1.807, 2.05) is 0 Å². The number of hydrogen-bond donors (Lipinski definition) is 4. The molecule has 4 heterocycles. The molecule has 0 aliphatic rings. The maximum Gasteiger partial charge on any atom is 0.796 e. The van der Waals surface area contributed by atoms with Gasteiger partial charge in [0.05, 0.1) is 11.4 Å². The van der Waals surface area contributed by atoms with Crippen LogP contribution in [0.2, 0.25) is 0 Å². The largest absolute Gasteiger partial charge is 0.796 e. The van der Waals surface area contributed by atoms with Gasteiger partial charge in [-0.1, -0.05) is 0 Å². The second-order valence-electron chi connectivity index (χ2n) is 8.11. The summed E-state index contributed by atoms with van der Waals surface area (Å²) < 4.78 is 113. The first-order valence-corrected chi connectivity index (χ1v) is 10.8. The van der Waals surface area contributed by atoms with Crippen molar-refractivity contribution in [2.75, 3.05) is 0 Å². The molecule has 38 heavy (non-hydrogen) atoms. The molecule has 4 aromatic heterocycles. The van der Waals surface area contributed by atoms with E-state index in [0.29, 0.717) is 6.08 Å². The Kier molecular flexibility index (Phi) is 7.29. The molecule has 2 atom stereocenters. The topological polar surface area (TPSA) is 89.5 Å². The number of hydrogen-bond acceptors (Lipinski definition) is 2. The maximum absolute atomic E-state index is 13.7. The van der Waals surface area contributed by atoms with Crippen molar-refractivity contribution in [2.45, 2.75) is 24.2 Å². The van der Waals surface area contributed by atoms with Crippen molar-refractivity contribution in [2.24, 2.45) is 0 Å². The highest BCUT2D eigenvalue weighted by molar-refractivity contribution is 6.36. The quantitative estimate of drug-likeness (QED) is 0.0633. The van der Waals surface area contributed by atoms with E-state index in [1.54, 1.807) is 0 Å². The fraction of sp³-hybridized carbons (Fsp3) is 0.174. The number of alkyl halides is 6. The van der Waals surface area contributed by atoms with Crippen LogP contribution in [0.5, 0.6) is 0 Å². The normalized spacial score (nSPS) is 14.4. The van der Waals surface area contributed by atoms with Gasteiger partial charge < -0.3 is 24.6 Å². The number of H-pyrrole nitrogens is 4. The zero-order valence-corrected chi connectivity index (χ0v) is 18.9. The molecule has 4 rings (SSSR count). The molecule has 2 unspecified atom stereocenters. The highest BCUT2D eigenvalue weighted by Gasteiger charge is 2.44. The summed E-state index contributed by atoms with van der Waals surface area (Å²) in [5.74, 6) is -6.14. The molecule has 0 fully saturated rings. The third-order valence-corrected chi connectivity index (χ3v) is 5.57. The number of aromatic nitrogens is 4. The minimum atomic E-state index is -4.76. The van der Waals surface area contributed by atoms with Gasteiger partial charge in [0.2, 0.25) is 5.78 Å². The molecule has 0 saturated carbocycles. The first-order chi connectivity index (χ1) is 17.8. The third-order valence-electron chi connectivity index (χ3n) is 5.57. The molecule has 6 nitrogen and oxygen atoms in total. The molecule has 0 bridgehead atoms. The molecule has 0 saturated heterocycles. The molecule has 0 radical (unpaired) electrons. The Hall–Kier alpha value is -4.17. The van der Waals surface area contributed by atoms with Gasteiger partial charge >= 0.3 is 19.8 Å². The summed E-state index contributed by atoms with van der Waals surface area (Å²) in [5.41, 5.74) is -2.00. The summed E-state index contributed by atoms with van der Waals surface area (Å²) in [4.78, 5) is 22.4. The fourth-order valence-electron chi connectivity index (χ4n) is 4.00. The van der Waals surface area contributed by atoms with Crippen molar-refractivity contribution in [3.8, 4) is 0 Å². The standard InChI is InChI=1S/C23H17BF8N4O2/c25-22(26,27)20(14-3-1-9-33-14)16-7-5-12(35-16)18(37)11-19(38-24(31)32)13-6-8-17(36-13)21(23(28,29)30)15-4-2-10-34-15/h1-11,20-21,33-36H/b19-11-. The summed E-state index contributed by atoms with van der Waals surface area (Å²) in [5, 5.41) is 0. The van der Waals surface area contributed by atoms with Gasteiger partial charge in [0.25, 0.3) is 0 Å². The van der Waals surface area contributed by atoms with E-state index >= 15 is 0 Å². The Morgan fingerprint density at radius 3 is 1.63 bits per heavy atom. The third kappa shape index (κ3) is 5.87. The number of aromatic amines is 4. The van der Waals surface area contributed by atoms with Gasteiger partial charge in [0.1, 0.15) is 17.6 Å². The highest BCUT2D eigenvalue weighted by atomic mass is 19.4. The van der Waals surface area contributed by atoms with Crippen molar-refractivity contribution in [1.82, 2.24) is 19.9 Å². The van der Waals surface area contributed by atoms with Crippen LogP contribution in [0.15, 0.2) is 67.0 Å².